The molecular weight excluding hydrogens is 408 g/mol. The van der Waals surface area contributed by atoms with Crippen LogP contribution in [-0.4, -0.2) is 26.0 Å². The Morgan fingerprint density at radius 3 is 2.37 bits per heavy atom. The number of rotatable bonds is 3. The van der Waals surface area contributed by atoms with Crippen molar-refractivity contribution in [3.63, 3.8) is 0 Å². The summed E-state index contributed by atoms with van der Waals surface area (Å²) in [6.07, 6.45) is 0. The summed E-state index contributed by atoms with van der Waals surface area (Å²) in [7, 11) is 0. The summed E-state index contributed by atoms with van der Waals surface area (Å²) in [6.45, 7) is 1.86. The van der Waals surface area contributed by atoms with Crippen molar-refractivity contribution in [2.24, 2.45) is 0 Å². The second-order valence-corrected chi connectivity index (χ2v) is 6.95. The number of hydrogen-bond donors (Lipinski definition) is 2. The zero-order valence-electron chi connectivity index (χ0n) is 15.7. The van der Waals surface area contributed by atoms with Gasteiger partial charge in [-0.2, -0.15) is 4.80 Å². The Kier molecular flexibility index (Phi) is 5.20. The first-order valence-electron chi connectivity index (χ1n) is 8.90. The van der Waals surface area contributed by atoms with Gasteiger partial charge in [0.05, 0.1) is 5.69 Å². The Hall–Kier alpha value is -3.72. The summed E-state index contributed by atoms with van der Waals surface area (Å²) in [6, 6.07) is 14.7. The Labute approximate surface area is 175 Å². The van der Waals surface area contributed by atoms with Crippen molar-refractivity contribution >= 4 is 40.0 Å². The first kappa shape index (κ1) is 19.6. The zero-order valence-corrected chi connectivity index (χ0v) is 16.5. The highest BCUT2D eigenvalue weighted by Crippen LogP contribution is 2.22. The maximum Gasteiger partial charge on any atom is 0.257 e. The molecule has 0 aliphatic carbocycles. The number of carbonyl (C=O) groups is 1. The number of carbonyl (C=O) groups excluding carboxylic acids is 1. The van der Waals surface area contributed by atoms with E-state index in [4.69, 9.17) is 12.2 Å². The number of nitrogens with one attached hydrogen (secondary N) is 2. The van der Waals surface area contributed by atoms with Gasteiger partial charge in [-0.05, 0) is 79.3 Å². The van der Waals surface area contributed by atoms with E-state index in [1.54, 1.807) is 18.2 Å². The number of thiocarbonyl (C=S) groups is 1. The van der Waals surface area contributed by atoms with E-state index < -0.39 is 11.7 Å². The van der Waals surface area contributed by atoms with Crippen molar-refractivity contribution in [2.75, 3.05) is 5.32 Å². The summed E-state index contributed by atoms with van der Waals surface area (Å²) >= 11 is 5.21. The van der Waals surface area contributed by atoms with E-state index in [9.17, 15) is 13.6 Å². The fraction of sp³-hybridized carbons (Fsp3) is 0.0476. The molecule has 4 rings (SSSR count). The monoisotopic (exact) mass is 423 g/mol. The highest BCUT2D eigenvalue weighted by atomic mass is 32.1. The molecule has 0 fully saturated rings. The van der Waals surface area contributed by atoms with Crippen LogP contribution >= 0.6 is 12.2 Å². The summed E-state index contributed by atoms with van der Waals surface area (Å²) in [5, 5.41) is 14.4. The maximum absolute atomic E-state index is 13.3. The molecule has 0 radical (unpaired) electrons. The van der Waals surface area contributed by atoms with Crippen LogP contribution < -0.4 is 10.6 Å². The van der Waals surface area contributed by atoms with Crippen molar-refractivity contribution in [1.82, 2.24) is 20.3 Å². The highest BCUT2D eigenvalue weighted by Gasteiger charge is 2.12. The smallest absolute Gasteiger partial charge is 0.257 e. The number of halogens is 2. The molecular formula is C21H15F2N5OS. The average Bonchev–Trinajstić information content (AvgIpc) is 3.11. The average molecular weight is 423 g/mol. The van der Waals surface area contributed by atoms with Gasteiger partial charge < -0.3 is 5.32 Å². The Bertz CT molecular complexity index is 1270. The van der Waals surface area contributed by atoms with Gasteiger partial charge in [0, 0.05) is 11.3 Å². The van der Waals surface area contributed by atoms with Crippen molar-refractivity contribution in [1.29, 1.82) is 0 Å². The minimum absolute atomic E-state index is 0.0673. The molecule has 1 amide bonds. The lowest BCUT2D eigenvalue weighted by Gasteiger charge is -2.11. The lowest BCUT2D eigenvalue weighted by Crippen LogP contribution is -2.34. The number of fused-ring (bicyclic) bond motifs is 1. The van der Waals surface area contributed by atoms with Crippen molar-refractivity contribution in [3.05, 3.63) is 83.4 Å². The van der Waals surface area contributed by atoms with Gasteiger partial charge in [-0.15, -0.1) is 10.2 Å². The SMILES string of the molecule is Cc1cc2nn(-c3ccc(F)cc3)nc2cc1NC(=S)NC(=O)c1cccc(F)c1. The third kappa shape index (κ3) is 4.15. The van der Waals surface area contributed by atoms with E-state index >= 15 is 0 Å². The van der Waals surface area contributed by atoms with E-state index in [0.29, 0.717) is 22.4 Å². The second-order valence-electron chi connectivity index (χ2n) is 6.54. The number of nitrogens with zero attached hydrogens (tertiary/aromatic N) is 3. The largest absolute Gasteiger partial charge is 0.332 e. The summed E-state index contributed by atoms with van der Waals surface area (Å²) < 4.78 is 26.4. The minimum atomic E-state index is -0.520. The molecule has 150 valence electrons. The van der Waals surface area contributed by atoms with Gasteiger partial charge in [0.1, 0.15) is 22.7 Å². The minimum Gasteiger partial charge on any atom is -0.332 e. The quantitative estimate of drug-likeness (QED) is 0.485. The lowest BCUT2D eigenvalue weighted by atomic mass is 10.2. The molecule has 0 atom stereocenters. The van der Waals surface area contributed by atoms with Crippen LogP contribution in [0.2, 0.25) is 0 Å². The van der Waals surface area contributed by atoms with E-state index in [1.807, 2.05) is 13.0 Å². The fourth-order valence-electron chi connectivity index (χ4n) is 2.85. The van der Waals surface area contributed by atoms with E-state index in [1.165, 1.54) is 35.1 Å². The Morgan fingerprint density at radius 1 is 0.967 bits per heavy atom. The second kappa shape index (κ2) is 7.96. The van der Waals surface area contributed by atoms with Crippen LogP contribution in [0.1, 0.15) is 15.9 Å². The summed E-state index contributed by atoms with van der Waals surface area (Å²) in [5.74, 6) is -1.37. The van der Waals surface area contributed by atoms with Gasteiger partial charge in [-0.1, -0.05) is 6.07 Å². The molecule has 3 aromatic carbocycles. The summed E-state index contributed by atoms with van der Waals surface area (Å²) in [5.41, 5.74) is 3.49. The number of hydrogen-bond acceptors (Lipinski definition) is 4. The Morgan fingerprint density at radius 2 is 1.67 bits per heavy atom. The molecule has 2 N–H and O–H groups in total. The number of anilines is 1. The van der Waals surface area contributed by atoms with Crippen LogP contribution in [0.3, 0.4) is 0 Å². The van der Waals surface area contributed by atoms with Crippen molar-refractivity contribution < 1.29 is 13.6 Å². The maximum atomic E-state index is 13.3. The number of aromatic nitrogens is 3. The molecule has 0 saturated heterocycles. The number of benzene rings is 3. The van der Waals surface area contributed by atoms with Crippen molar-refractivity contribution in [2.45, 2.75) is 6.92 Å². The molecule has 9 heteroatoms. The van der Waals surface area contributed by atoms with Crippen LogP contribution in [0.25, 0.3) is 16.7 Å². The van der Waals surface area contributed by atoms with Gasteiger partial charge in [-0.25, -0.2) is 8.78 Å². The van der Waals surface area contributed by atoms with E-state index in [0.717, 1.165) is 11.6 Å². The first-order valence-corrected chi connectivity index (χ1v) is 9.31. The van der Waals surface area contributed by atoms with Crippen LogP contribution in [0, 0.1) is 18.6 Å². The van der Waals surface area contributed by atoms with Crippen LogP contribution in [-0.2, 0) is 0 Å². The molecule has 0 aliphatic heterocycles. The number of aryl methyl sites for hydroxylation is 1. The van der Waals surface area contributed by atoms with Gasteiger partial charge >= 0.3 is 0 Å². The zero-order chi connectivity index (χ0) is 21.3. The molecule has 0 saturated carbocycles. The van der Waals surface area contributed by atoms with Gasteiger partial charge in [0.25, 0.3) is 5.91 Å². The predicted molar refractivity (Wildman–Crippen MR) is 114 cm³/mol. The van der Waals surface area contributed by atoms with Crippen LogP contribution in [0.4, 0.5) is 14.5 Å². The predicted octanol–water partition coefficient (Wildman–Crippen LogP) is 4.13. The highest BCUT2D eigenvalue weighted by molar-refractivity contribution is 7.80. The molecule has 1 heterocycles. The van der Waals surface area contributed by atoms with E-state index in [2.05, 4.69) is 20.8 Å². The van der Waals surface area contributed by atoms with Crippen molar-refractivity contribution in [3.8, 4) is 5.69 Å². The van der Waals surface area contributed by atoms with Gasteiger partial charge in [0.15, 0.2) is 5.11 Å². The molecule has 6 nitrogen and oxygen atoms in total. The standard InChI is InChI=1S/C21H15F2N5OS/c1-12-9-18-19(27-28(26-18)16-7-5-14(22)6-8-16)11-17(12)24-21(30)25-20(29)13-3-2-4-15(23)10-13/h2-11H,1H3,(H2,24,25,29,30). The topological polar surface area (TPSA) is 71.8 Å². The normalized spacial score (nSPS) is 10.8. The fourth-order valence-corrected chi connectivity index (χ4v) is 3.05. The van der Waals surface area contributed by atoms with Gasteiger partial charge in [0.2, 0.25) is 0 Å². The Balaban J connectivity index is 1.53. The summed E-state index contributed by atoms with van der Waals surface area (Å²) in [4.78, 5) is 13.6. The van der Waals surface area contributed by atoms with E-state index in [-0.39, 0.29) is 16.5 Å². The molecule has 30 heavy (non-hydrogen) atoms. The molecule has 0 unspecified atom stereocenters. The molecule has 0 bridgehead atoms. The van der Waals surface area contributed by atoms with Gasteiger partial charge in [-0.3, -0.25) is 10.1 Å². The van der Waals surface area contributed by atoms with Crippen LogP contribution in [0.5, 0.6) is 0 Å². The first-order chi connectivity index (χ1) is 14.4. The molecule has 4 aromatic rings. The van der Waals surface area contributed by atoms with Crippen LogP contribution in [0.15, 0.2) is 60.7 Å². The molecule has 0 spiro atoms. The third-order valence-electron chi connectivity index (χ3n) is 4.35. The lowest BCUT2D eigenvalue weighted by molar-refractivity contribution is 0.0977. The third-order valence-corrected chi connectivity index (χ3v) is 4.55. The number of amides is 1. The molecule has 1 aromatic heterocycles. The molecule has 0 aliphatic rings.